The average Bonchev–Trinajstić information content (AvgIpc) is 3.93. The van der Waals surface area contributed by atoms with Gasteiger partial charge in [-0.15, -0.1) is 0 Å². The van der Waals surface area contributed by atoms with Gasteiger partial charge in [-0.05, 0) is 104 Å². The highest BCUT2D eigenvalue weighted by atomic mass is 35.5. The molecule has 0 spiro atoms. The highest BCUT2D eigenvalue weighted by molar-refractivity contribution is 6.32. The van der Waals surface area contributed by atoms with Gasteiger partial charge in [0, 0.05) is 43.7 Å². The Kier molecular flexibility index (Phi) is 10.9. The number of carbonyl (C=O) groups is 2. The molecule has 3 aliphatic rings. The molecule has 7 nitrogen and oxygen atoms in total. The van der Waals surface area contributed by atoms with Gasteiger partial charge in [0.2, 0.25) is 5.91 Å². The third-order valence-electron chi connectivity index (χ3n) is 9.98. The number of hydrogen-bond acceptors (Lipinski definition) is 5. The van der Waals surface area contributed by atoms with Crippen LogP contribution in [0.1, 0.15) is 67.7 Å². The topological polar surface area (TPSA) is 79.9 Å². The summed E-state index contributed by atoms with van der Waals surface area (Å²) in [7, 11) is 1.67. The second kappa shape index (κ2) is 15.3. The minimum Gasteiger partial charge on any atom is -0.496 e. The fourth-order valence-electron chi connectivity index (χ4n) is 7.28. The number of nitrogens with zero attached hydrogens (tertiary/aromatic N) is 1. The van der Waals surface area contributed by atoms with Gasteiger partial charge in [0.15, 0.2) is 11.6 Å². The molecule has 49 heavy (non-hydrogen) atoms. The number of fused-ring (bicyclic) bond motifs is 2. The molecule has 2 heterocycles. The highest BCUT2D eigenvalue weighted by Crippen LogP contribution is 2.41. The molecule has 3 aromatic rings. The van der Waals surface area contributed by atoms with E-state index in [4.69, 9.17) is 21.1 Å². The summed E-state index contributed by atoms with van der Waals surface area (Å²) in [5.74, 6) is -0.559. The first-order valence-corrected chi connectivity index (χ1v) is 17.5. The third-order valence-corrected chi connectivity index (χ3v) is 10.3. The zero-order chi connectivity index (χ0) is 34.7. The summed E-state index contributed by atoms with van der Waals surface area (Å²) >= 11 is 5.89. The zero-order valence-corrected chi connectivity index (χ0v) is 29.0. The first kappa shape index (κ1) is 34.9. The van der Waals surface area contributed by atoms with Gasteiger partial charge in [-0.25, -0.2) is 8.78 Å². The maximum atomic E-state index is 14.8. The lowest BCUT2D eigenvalue weighted by atomic mass is 9.74. The van der Waals surface area contributed by atoms with E-state index in [1.165, 1.54) is 0 Å². The molecule has 2 fully saturated rings. The van der Waals surface area contributed by atoms with E-state index < -0.39 is 11.6 Å². The number of nitrogens with one attached hydrogen (secondary N) is 2. The summed E-state index contributed by atoms with van der Waals surface area (Å²) < 4.78 is 38.9. The smallest absolute Gasteiger partial charge is 0.252 e. The monoisotopic (exact) mass is 691 g/mol. The van der Waals surface area contributed by atoms with E-state index in [0.29, 0.717) is 25.9 Å². The van der Waals surface area contributed by atoms with Gasteiger partial charge < -0.3 is 25.0 Å². The van der Waals surface area contributed by atoms with Crippen molar-refractivity contribution in [3.05, 3.63) is 99.1 Å². The van der Waals surface area contributed by atoms with Crippen LogP contribution in [0.25, 0.3) is 5.57 Å². The second-order valence-electron chi connectivity index (χ2n) is 13.5. The molecule has 10 heteroatoms. The lowest BCUT2D eigenvalue weighted by molar-refractivity contribution is -0.129. The van der Waals surface area contributed by atoms with E-state index in [2.05, 4.69) is 45.9 Å². The molecule has 3 unspecified atom stereocenters. The summed E-state index contributed by atoms with van der Waals surface area (Å²) in [5.41, 5.74) is 6.12. The van der Waals surface area contributed by atoms with E-state index >= 15 is 0 Å². The molecule has 260 valence electrons. The quantitative estimate of drug-likeness (QED) is 0.147. The van der Waals surface area contributed by atoms with Crippen molar-refractivity contribution in [1.29, 1.82) is 0 Å². The van der Waals surface area contributed by atoms with Gasteiger partial charge in [-0.1, -0.05) is 48.0 Å². The maximum absolute atomic E-state index is 14.8. The van der Waals surface area contributed by atoms with Crippen molar-refractivity contribution in [2.75, 3.05) is 20.3 Å². The molecule has 2 amide bonds. The van der Waals surface area contributed by atoms with Crippen molar-refractivity contribution < 1.29 is 27.8 Å². The van der Waals surface area contributed by atoms with Crippen molar-refractivity contribution in [2.24, 2.45) is 5.92 Å². The number of aryl methyl sites for hydroxylation is 1. The van der Waals surface area contributed by atoms with Crippen LogP contribution in [-0.2, 0) is 22.6 Å². The number of halogens is 3. The largest absolute Gasteiger partial charge is 0.496 e. The van der Waals surface area contributed by atoms with Crippen LogP contribution in [0.3, 0.4) is 0 Å². The predicted octanol–water partition coefficient (Wildman–Crippen LogP) is 7.17. The molecule has 1 saturated heterocycles. The fraction of sp³-hybridized carbons (Fsp3) is 0.436. The minimum absolute atomic E-state index is 0.0404. The first-order valence-electron chi connectivity index (χ1n) is 17.2. The number of ether oxygens (including phenoxy) is 2. The Bertz CT molecular complexity index is 1730. The van der Waals surface area contributed by atoms with Gasteiger partial charge in [0.05, 0.1) is 13.7 Å². The molecule has 2 aliphatic heterocycles. The third kappa shape index (κ3) is 8.10. The van der Waals surface area contributed by atoms with Gasteiger partial charge in [0.1, 0.15) is 16.6 Å². The molecule has 3 aromatic carbocycles. The van der Waals surface area contributed by atoms with Crippen molar-refractivity contribution in [3.8, 4) is 11.5 Å². The van der Waals surface area contributed by atoms with Crippen LogP contribution in [0.4, 0.5) is 8.78 Å². The number of methoxy groups -OCH3 is 1. The Hall–Kier alpha value is -3.95. The molecular formula is C39H44ClF2N3O4. The van der Waals surface area contributed by atoms with E-state index in [1.54, 1.807) is 14.0 Å². The Morgan fingerprint density at radius 3 is 2.51 bits per heavy atom. The van der Waals surface area contributed by atoms with E-state index in [1.807, 2.05) is 19.1 Å². The van der Waals surface area contributed by atoms with Gasteiger partial charge in [-0.3, -0.25) is 9.59 Å². The first-order chi connectivity index (χ1) is 23.6. The lowest BCUT2D eigenvalue weighted by Gasteiger charge is -2.43. The Morgan fingerprint density at radius 2 is 1.80 bits per heavy atom. The zero-order valence-electron chi connectivity index (χ0n) is 28.3. The molecule has 0 radical (unpaired) electrons. The van der Waals surface area contributed by atoms with Crippen LogP contribution in [0.5, 0.6) is 11.5 Å². The van der Waals surface area contributed by atoms with E-state index in [-0.39, 0.29) is 53.2 Å². The van der Waals surface area contributed by atoms with Crippen LogP contribution in [-0.4, -0.2) is 55.1 Å². The number of amides is 2. The predicted molar refractivity (Wildman–Crippen MR) is 187 cm³/mol. The number of piperidine rings is 1. The summed E-state index contributed by atoms with van der Waals surface area (Å²) in [6, 6.07) is 16.6. The number of carbonyl (C=O) groups excluding carboxylic acids is 2. The molecule has 3 atom stereocenters. The maximum Gasteiger partial charge on any atom is 0.252 e. The number of rotatable bonds is 13. The summed E-state index contributed by atoms with van der Waals surface area (Å²) in [4.78, 5) is 28.6. The molecule has 2 N–H and O–H groups in total. The molecule has 6 rings (SSSR count). The van der Waals surface area contributed by atoms with Crippen LogP contribution < -0.4 is 20.1 Å². The summed E-state index contributed by atoms with van der Waals surface area (Å²) in [6.07, 6.45) is 5.64. The van der Waals surface area contributed by atoms with Crippen molar-refractivity contribution in [3.63, 3.8) is 0 Å². The molecular weight excluding hydrogens is 648 g/mol. The van der Waals surface area contributed by atoms with Crippen LogP contribution in [0.2, 0.25) is 5.02 Å². The SMILES string of the molecule is COc1cccc(CN(C(=O)C2=C(c3ccc(CCCOc4c(F)ccc(F)c4Cl)cc3)CC3CC(CNC(C)=O)CC2N3)C2CC2)c1C. The van der Waals surface area contributed by atoms with Gasteiger partial charge in [0.25, 0.3) is 5.91 Å². The van der Waals surface area contributed by atoms with Gasteiger partial charge >= 0.3 is 0 Å². The minimum atomic E-state index is -0.721. The fourth-order valence-corrected chi connectivity index (χ4v) is 7.48. The van der Waals surface area contributed by atoms with Crippen molar-refractivity contribution in [2.45, 2.75) is 83.5 Å². The second-order valence-corrected chi connectivity index (χ2v) is 13.9. The van der Waals surface area contributed by atoms with Crippen LogP contribution in [0, 0.1) is 24.5 Å². The van der Waals surface area contributed by atoms with E-state index in [0.717, 1.165) is 83.4 Å². The van der Waals surface area contributed by atoms with Crippen LogP contribution in [0.15, 0.2) is 60.2 Å². The summed E-state index contributed by atoms with van der Waals surface area (Å²) in [5, 5.41) is 6.41. The molecule has 0 aromatic heterocycles. The molecule has 1 saturated carbocycles. The van der Waals surface area contributed by atoms with E-state index in [9.17, 15) is 18.4 Å². The molecule has 2 bridgehead atoms. The Labute approximate surface area is 292 Å². The normalized spacial score (nSPS) is 20.2. The van der Waals surface area contributed by atoms with Crippen LogP contribution >= 0.6 is 11.6 Å². The molecule has 1 aliphatic carbocycles. The van der Waals surface area contributed by atoms with Gasteiger partial charge in [-0.2, -0.15) is 0 Å². The average molecular weight is 692 g/mol. The van der Waals surface area contributed by atoms with Crippen molar-refractivity contribution >= 4 is 29.0 Å². The highest BCUT2D eigenvalue weighted by Gasteiger charge is 2.43. The van der Waals surface area contributed by atoms with Crippen molar-refractivity contribution in [1.82, 2.24) is 15.5 Å². The lowest BCUT2D eigenvalue weighted by Crippen LogP contribution is -2.54. The Balaban J connectivity index is 1.24. The standard InChI is InChI=1S/C39H44ClF2N3O4/c1-23-28(7-4-8-35(23)48-3)22-45(30-13-14-30)39(47)36-31(20-29-18-26(19-34(36)44-29)21-43-24(2)46)27-11-9-25(10-12-27)6-5-17-49-38-33(42)16-15-32(41)37(38)40/h4,7-12,15-16,26,29-30,34,44H,5-6,13-14,17-22H2,1-3H3,(H,43,46). The summed E-state index contributed by atoms with van der Waals surface area (Å²) in [6.45, 7) is 4.88. The number of hydrogen-bond donors (Lipinski definition) is 2. The number of benzene rings is 3. The Morgan fingerprint density at radius 1 is 1.04 bits per heavy atom.